The molecular formula is C16H21N3O6. The van der Waals surface area contributed by atoms with Crippen LogP contribution in [0.15, 0.2) is 16.9 Å². The highest BCUT2D eigenvalue weighted by Gasteiger charge is 2.26. The minimum Gasteiger partial charge on any atom is -0.394 e. The molecule has 2 aromatic rings. The summed E-state index contributed by atoms with van der Waals surface area (Å²) in [6.07, 6.45) is -4.81. The number of nitrogens with zero attached hydrogens (tertiary/aromatic N) is 2. The lowest BCUT2D eigenvalue weighted by atomic mass is 10.1. The first-order valence-electron chi connectivity index (χ1n) is 7.64. The maximum absolute atomic E-state index is 12.6. The maximum atomic E-state index is 12.6. The zero-order valence-electron chi connectivity index (χ0n) is 13.9. The van der Waals surface area contributed by atoms with Crippen LogP contribution in [0.5, 0.6) is 0 Å². The lowest BCUT2D eigenvalue weighted by Crippen LogP contribution is -2.44. The van der Waals surface area contributed by atoms with E-state index in [1.54, 1.807) is 19.1 Å². The highest BCUT2D eigenvalue weighted by Crippen LogP contribution is 2.20. The number of rotatable bonds is 6. The molecule has 0 aliphatic rings. The molecule has 0 radical (unpaired) electrons. The molecule has 0 aliphatic carbocycles. The van der Waals surface area contributed by atoms with Crippen molar-refractivity contribution in [1.29, 1.82) is 0 Å². The van der Waals surface area contributed by atoms with Crippen molar-refractivity contribution in [3.8, 4) is 0 Å². The number of aromatic nitrogens is 2. The Labute approximate surface area is 143 Å². The third-order valence-electron chi connectivity index (χ3n) is 4.21. The monoisotopic (exact) mass is 351 g/mol. The van der Waals surface area contributed by atoms with Gasteiger partial charge in [-0.15, -0.1) is 0 Å². The molecule has 0 aliphatic heterocycles. The van der Waals surface area contributed by atoms with E-state index in [0.29, 0.717) is 16.6 Å². The SMILES string of the molecule is Cc1ccc2nc(C(N)=O)c(=O)n(C[C@H](O)[C@H](O)[C@H](O)CO)c2c1C. The van der Waals surface area contributed by atoms with E-state index in [4.69, 9.17) is 10.8 Å². The summed E-state index contributed by atoms with van der Waals surface area (Å²) in [7, 11) is 0. The van der Waals surface area contributed by atoms with E-state index in [9.17, 15) is 24.9 Å². The van der Waals surface area contributed by atoms with Gasteiger partial charge in [-0.2, -0.15) is 0 Å². The summed E-state index contributed by atoms with van der Waals surface area (Å²) in [6, 6.07) is 3.39. The van der Waals surface area contributed by atoms with Gasteiger partial charge in [0, 0.05) is 0 Å². The Balaban J connectivity index is 2.67. The van der Waals surface area contributed by atoms with Gasteiger partial charge in [0.25, 0.3) is 11.5 Å². The van der Waals surface area contributed by atoms with E-state index in [-0.39, 0.29) is 0 Å². The Morgan fingerprint density at radius 3 is 2.44 bits per heavy atom. The molecule has 3 atom stereocenters. The summed E-state index contributed by atoms with van der Waals surface area (Å²) in [5, 5.41) is 38.3. The number of aliphatic hydroxyl groups is 4. The quantitative estimate of drug-likeness (QED) is 0.410. The molecule has 9 heteroatoms. The highest BCUT2D eigenvalue weighted by molar-refractivity contribution is 5.93. The van der Waals surface area contributed by atoms with Crippen LogP contribution >= 0.6 is 0 Å². The van der Waals surface area contributed by atoms with E-state index in [1.165, 1.54) is 0 Å². The number of carbonyl (C=O) groups excluding carboxylic acids is 1. The number of primary amides is 1. The standard InChI is InChI=1S/C16H21N3O6/c1-7-3-4-9-13(8(7)2)19(16(25)12(18-9)15(17)24)5-10(21)14(23)11(22)6-20/h3-4,10-11,14,20-23H,5-6H2,1-2H3,(H2,17,24)/t10-,11+,14-/m0/s1. The van der Waals surface area contributed by atoms with Crippen molar-refractivity contribution < 1.29 is 25.2 Å². The molecule has 1 heterocycles. The minimum atomic E-state index is -1.68. The molecule has 1 aromatic heterocycles. The first kappa shape index (κ1) is 19.0. The molecule has 2 rings (SSSR count). The van der Waals surface area contributed by atoms with Crippen molar-refractivity contribution in [3.63, 3.8) is 0 Å². The van der Waals surface area contributed by atoms with Crippen LogP contribution in [0, 0.1) is 13.8 Å². The smallest absolute Gasteiger partial charge is 0.282 e. The third-order valence-corrected chi connectivity index (χ3v) is 4.21. The number of fused-ring (bicyclic) bond motifs is 1. The van der Waals surface area contributed by atoms with Gasteiger partial charge < -0.3 is 30.7 Å². The van der Waals surface area contributed by atoms with Crippen molar-refractivity contribution in [3.05, 3.63) is 39.3 Å². The van der Waals surface area contributed by atoms with Crippen molar-refractivity contribution in [2.45, 2.75) is 38.7 Å². The number of carbonyl (C=O) groups is 1. The number of amides is 1. The summed E-state index contributed by atoms with van der Waals surface area (Å²) in [6.45, 7) is 2.41. The normalized spacial score (nSPS) is 15.1. The first-order valence-corrected chi connectivity index (χ1v) is 7.64. The number of hydrogen-bond acceptors (Lipinski definition) is 7. The van der Waals surface area contributed by atoms with E-state index >= 15 is 0 Å². The van der Waals surface area contributed by atoms with Crippen molar-refractivity contribution in [2.75, 3.05) is 6.61 Å². The van der Waals surface area contributed by atoms with Crippen LogP contribution in [0.25, 0.3) is 11.0 Å². The second kappa shape index (κ2) is 7.28. The van der Waals surface area contributed by atoms with Crippen LogP contribution < -0.4 is 11.3 Å². The second-order valence-electron chi connectivity index (χ2n) is 5.92. The van der Waals surface area contributed by atoms with Gasteiger partial charge in [0.05, 0.1) is 24.2 Å². The molecule has 9 nitrogen and oxygen atoms in total. The second-order valence-corrected chi connectivity index (χ2v) is 5.92. The zero-order valence-corrected chi connectivity index (χ0v) is 13.9. The number of aliphatic hydroxyl groups excluding tert-OH is 4. The van der Waals surface area contributed by atoms with Crippen LogP contribution in [-0.4, -0.2) is 60.8 Å². The van der Waals surface area contributed by atoms with E-state index < -0.39 is 48.6 Å². The Hall–Kier alpha value is -2.33. The summed E-state index contributed by atoms with van der Waals surface area (Å²) in [5.74, 6) is -1.01. The molecule has 1 aromatic carbocycles. The molecule has 0 saturated carbocycles. The molecule has 0 fully saturated rings. The fourth-order valence-electron chi connectivity index (χ4n) is 2.61. The largest absolute Gasteiger partial charge is 0.394 e. The lowest BCUT2D eigenvalue weighted by molar-refractivity contribution is -0.0805. The highest BCUT2D eigenvalue weighted by atomic mass is 16.4. The molecule has 6 N–H and O–H groups in total. The van der Waals surface area contributed by atoms with Gasteiger partial charge in [-0.25, -0.2) is 4.98 Å². The molecule has 0 saturated heterocycles. The van der Waals surface area contributed by atoms with E-state index in [0.717, 1.165) is 10.1 Å². The Kier molecular flexibility index (Phi) is 5.53. The van der Waals surface area contributed by atoms with E-state index in [1.807, 2.05) is 6.92 Å². The van der Waals surface area contributed by atoms with Crippen molar-refractivity contribution >= 4 is 16.9 Å². The maximum Gasteiger partial charge on any atom is 0.282 e. The predicted molar refractivity (Wildman–Crippen MR) is 89.1 cm³/mol. The van der Waals surface area contributed by atoms with Crippen LogP contribution in [0.4, 0.5) is 0 Å². The molecular weight excluding hydrogens is 330 g/mol. The van der Waals surface area contributed by atoms with Gasteiger partial charge in [0.2, 0.25) is 0 Å². The average Bonchev–Trinajstić information content (AvgIpc) is 2.58. The first-order chi connectivity index (χ1) is 11.7. The molecule has 136 valence electrons. The molecule has 0 bridgehead atoms. The zero-order chi connectivity index (χ0) is 18.9. The van der Waals surface area contributed by atoms with Crippen LogP contribution in [-0.2, 0) is 6.54 Å². The fourth-order valence-corrected chi connectivity index (χ4v) is 2.61. The predicted octanol–water partition coefficient (Wildman–Crippen LogP) is -1.81. The Morgan fingerprint density at radius 1 is 1.24 bits per heavy atom. The summed E-state index contributed by atoms with van der Waals surface area (Å²) in [4.78, 5) is 28.1. The molecule has 25 heavy (non-hydrogen) atoms. The number of aryl methyl sites for hydroxylation is 2. The molecule has 1 amide bonds. The lowest BCUT2D eigenvalue weighted by Gasteiger charge is -2.23. The molecule has 0 spiro atoms. The van der Waals surface area contributed by atoms with Crippen LogP contribution in [0.1, 0.15) is 21.6 Å². The fraction of sp³-hybridized carbons (Fsp3) is 0.438. The van der Waals surface area contributed by atoms with Gasteiger partial charge in [0.1, 0.15) is 18.3 Å². The Morgan fingerprint density at radius 2 is 1.88 bits per heavy atom. The van der Waals surface area contributed by atoms with E-state index in [2.05, 4.69) is 4.98 Å². The summed E-state index contributed by atoms with van der Waals surface area (Å²) < 4.78 is 1.10. The van der Waals surface area contributed by atoms with Gasteiger partial charge in [-0.3, -0.25) is 9.59 Å². The summed E-state index contributed by atoms with van der Waals surface area (Å²) in [5.41, 5.74) is 6.20. The molecule has 0 unspecified atom stereocenters. The average molecular weight is 351 g/mol. The van der Waals surface area contributed by atoms with Gasteiger partial charge in [-0.1, -0.05) is 6.07 Å². The van der Waals surface area contributed by atoms with Crippen LogP contribution in [0.3, 0.4) is 0 Å². The third kappa shape index (κ3) is 3.54. The number of hydrogen-bond donors (Lipinski definition) is 5. The van der Waals surface area contributed by atoms with Gasteiger partial charge in [0.15, 0.2) is 5.69 Å². The van der Waals surface area contributed by atoms with Gasteiger partial charge >= 0.3 is 0 Å². The summed E-state index contributed by atoms with van der Waals surface area (Å²) >= 11 is 0. The number of nitrogens with two attached hydrogens (primary N) is 1. The minimum absolute atomic E-state index is 0.334. The van der Waals surface area contributed by atoms with Gasteiger partial charge in [-0.05, 0) is 31.0 Å². The Bertz CT molecular complexity index is 863. The van der Waals surface area contributed by atoms with Crippen molar-refractivity contribution in [1.82, 2.24) is 9.55 Å². The number of benzene rings is 1. The topological polar surface area (TPSA) is 159 Å². The van der Waals surface area contributed by atoms with Crippen molar-refractivity contribution in [2.24, 2.45) is 5.73 Å². The van der Waals surface area contributed by atoms with Crippen LogP contribution in [0.2, 0.25) is 0 Å².